The molecule has 2 heteroatoms. The maximum atomic E-state index is 11.7. The summed E-state index contributed by atoms with van der Waals surface area (Å²) in [5, 5.41) is 11.7. The predicted molar refractivity (Wildman–Crippen MR) is 77.3 cm³/mol. The van der Waals surface area contributed by atoms with Gasteiger partial charge in [-0.05, 0) is 93.8 Å². The molecule has 1 aliphatic heterocycles. The zero-order valence-corrected chi connectivity index (χ0v) is 12.5. The molecule has 5 aliphatic carbocycles. The molecular weight excluding hydrogens is 248 g/mol. The van der Waals surface area contributed by atoms with Crippen LogP contribution in [0, 0.1) is 29.6 Å². The third-order valence-corrected chi connectivity index (χ3v) is 7.86. The Bertz CT molecular complexity index is 384. The van der Waals surface area contributed by atoms with Crippen LogP contribution in [0.3, 0.4) is 0 Å². The lowest BCUT2D eigenvalue weighted by atomic mass is 9.46. The molecule has 0 radical (unpaired) electrons. The lowest BCUT2D eigenvalue weighted by molar-refractivity contribution is -0.240. The van der Waals surface area contributed by atoms with Crippen molar-refractivity contribution in [3.8, 4) is 0 Å². The van der Waals surface area contributed by atoms with Gasteiger partial charge in [-0.15, -0.1) is 0 Å². The van der Waals surface area contributed by atoms with Gasteiger partial charge in [0.2, 0.25) is 0 Å². The minimum atomic E-state index is -0.320. The average molecular weight is 276 g/mol. The van der Waals surface area contributed by atoms with E-state index < -0.39 is 0 Å². The van der Waals surface area contributed by atoms with E-state index >= 15 is 0 Å². The van der Waals surface area contributed by atoms with Crippen molar-refractivity contribution in [1.82, 2.24) is 0 Å². The molecule has 1 saturated heterocycles. The van der Waals surface area contributed by atoms with Gasteiger partial charge in [0.25, 0.3) is 0 Å². The lowest BCUT2D eigenvalue weighted by Crippen LogP contribution is -2.63. The normalized spacial score (nSPS) is 56.0. The van der Waals surface area contributed by atoms with E-state index in [1.807, 2.05) is 0 Å². The van der Waals surface area contributed by atoms with E-state index in [-0.39, 0.29) is 11.2 Å². The summed E-state index contributed by atoms with van der Waals surface area (Å²) in [4.78, 5) is 0. The summed E-state index contributed by atoms with van der Waals surface area (Å²) in [6.07, 6.45) is 12.9. The van der Waals surface area contributed by atoms with Gasteiger partial charge in [-0.1, -0.05) is 0 Å². The van der Waals surface area contributed by atoms with Gasteiger partial charge in [0.1, 0.15) is 0 Å². The second-order valence-electron chi connectivity index (χ2n) is 8.77. The van der Waals surface area contributed by atoms with Gasteiger partial charge in [-0.3, -0.25) is 0 Å². The lowest BCUT2D eigenvalue weighted by Gasteiger charge is -2.63. The van der Waals surface area contributed by atoms with Crippen molar-refractivity contribution < 1.29 is 9.84 Å². The van der Waals surface area contributed by atoms with Crippen molar-refractivity contribution in [3.63, 3.8) is 0 Å². The quantitative estimate of drug-likeness (QED) is 0.794. The van der Waals surface area contributed by atoms with E-state index in [2.05, 4.69) is 0 Å². The van der Waals surface area contributed by atoms with Crippen LogP contribution in [-0.4, -0.2) is 22.9 Å². The maximum absolute atomic E-state index is 11.7. The fourth-order valence-electron chi connectivity index (χ4n) is 6.95. The summed E-state index contributed by atoms with van der Waals surface area (Å²) in [5.41, 5.74) is -0.132. The van der Waals surface area contributed by atoms with Gasteiger partial charge in [-0.25, -0.2) is 0 Å². The van der Waals surface area contributed by atoms with Crippen molar-refractivity contribution in [3.05, 3.63) is 0 Å². The molecule has 1 atom stereocenters. The molecule has 2 nitrogen and oxygen atoms in total. The highest BCUT2D eigenvalue weighted by atomic mass is 16.5. The molecule has 4 bridgehead atoms. The molecule has 1 spiro atoms. The number of hydrogen-bond donors (Lipinski definition) is 1. The third-order valence-electron chi connectivity index (χ3n) is 7.86. The first-order valence-corrected chi connectivity index (χ1v) is 9.04. The Hall–Kier alpha value is -0.0800. The van der Waals surface area contributed by atoms with Crippen LogP contribution in [0.15, 0.2) is 0 Å². The molecule has 1 N–H and O–H groups in total. The van der Waals surface area contributed by atoms with Gasteiger partial charge in [0.05, 0.1) is 11.2 Å². The number of rotatable bonds is 1. The Morgan fingerprint density at radius 3 is 2.05 bits per heavy atom. The summed E-state index contributed by atoms with van der Waals surface area (Å²) in [5.74, 6) is 3.69. The maximum Gasteiger partial charge on any atom is 0.0734 e. The van der Waals surface area contributed by atoms with E-state index in [0.717, 1.165) is 31.3 Å². The zero-order valence-electron chi connectivity index (χ0n) is 12.5. The standard InChI is InChI=1S/C18H28O2/c19-18(14-2-5-20-17(11-14)3-1-4-17)15-7-12-6-13(9-15)10-16(18)8-12/h12-16,19H,1-11H2. The molecule has 0 aromatic rings. The highest BCUT2D eigenvalue weighted by Crippen LogP contribution is 2.62. The molecule has 6 aliphatic rings. The number of ether oxygens (including phenoxy) is 1. The van der Waals surface area contributed by atoms with Gasteiger partial charge in [0.15, 0.2) is 0 Å². The Labute approximate surface area is 122 Å². The topological polar surface area (TPSA) is 29.5 Å². The predicted octanol–water partition coefficient (Wildman–Crippen LogP) is 3.52. The molecule has 6 rings (SSSR count). The van der Waals surface area contributed by atoms with Crippen LogP contribution in [0.2, 0.25) is 0 Å². The Kier molecular flexibility index (Phi) is 2.50. The largest absolute Gasteiger partial charge is 0.389 e. The minimum absolute atomic E-state index is 0.188. The molecular formula is C18H28O2. The summed E-state index contributed by atoms with van der Waals surface area (Å²) < 4.78 is 6.11. The van der Waals surface area contributed by atoms with E-state index in [9.17, 15) is 5.11 Å². The van der Waals surface area contributed by atoms with Crippen LogP contribution >= 0.6 is 0 Å². The molecule has 20 heavy (non-hydrogen) atoms. The number of hydrogen-bond acceptors (Lipinski definition) is 2. The van der Waals surface area contributed by atoms with Crippen LogP contribution in [0.25, 0.3) is 0 Å². The van der Waals surface area contributed by atoms with Gasteiger partial charge in [0, 0.05) is 6.61 Å². The minimum Gasteiger partial charge on any atom is -0.389 e. The molecule has 0 amide bonds. The summed E-state index contributed by atoms with van der Waals surface area (Å²) in [6.45, 7) is 0.902. The van der Waals surface area contributed by atoms with Crippen molar-refractivity contribution in [2.24, 2.45) is 29.6 Å². The van der Waals surface area contributed by atoms with Gasteiger partial charge in [-0.2, -0.15) is 0 Å². The molecule has 112 valence electrons. The van der Waals surface area contributed by atoms with Crippen molar-refractivity contribution >= 4 is 0 Å². The molecule has 6 fully saturated rings. The highest BCUT2D eigenvalue weighted by molar-refractivity contribution is 5.11. The average Bonchev–Trinajstić information content (AvgIpc) is 2.42. The van der Waals surface area contributed by atoms with Crippen LogP contribution in [0.1, 0.15) is 64.2 Å². The SMILES string of the molecule is OC1(C2CCOC3(CCC3)C2)C2CC3CC(C2)CC1C3. The van der Waals surface area contributed by atoms with Crippen LogP contribution in [0.4, 0.5) is 0 Å². The van der Waals surface area contributed by atoms with Crippen molar-refractivity contribution in [2.45, 2.75) is 75.4 Å². The first-order chi connectivity index (χ1) is 9.68. The third kappa shape index (κ3) is 1.53. The first-order valence-electron chi connectivity index (χ1n) is 9.04. The van der Waals surface area contributed by atoms with E-state index in [0.29, 0.717) is 17.8 Å². The van der Waals surface area contributed by atoms with Crippen LogP contribution < -0.4 is 0 Å². The summed E-state index contributed by atoms with van der Waals surface area (Å²) >= 11 is 0. The van der Waals surface area contributed by atoms with Gasteiger partial charge >= 0.3 is 0 Å². The van der Waals surface area contributed by atoms with Crippen LogP contribution in [0.5, 0.6) is 0 Å². The monoisotopic (exact) mass is 276 g/mol. The zero-order chi connectivity index (χ0) is 13.4. The van der Waals surface area contributed by atoms with E-state index in [1.54, 1.807) is 0 Å². The van der Waals surface area contributed by atoms with Crippen LogP contribution in [-0.2, 0) is 4.74 Å². The van der Waals surface area contributed by atoms with E-state index in [4.69, 9.17) is 4.74 Å². The molecule has 0 aromatic heterocycles. The van der Waals surface area contributed by atoms with E-state index in [1.165, 1.54) is 51.4 Å². The molecule has 1 heterocycles. The Morgan fingerprint density at radius 2 is 1.50 bits per heavy atom. The highest BCUT2D eigenvalue weighted by Gasteiger charge is 2.61. The second kappa shape index (κ2) is 4.01. The van der Waals surface area contributed by atoms with Crippen molar-refractivity contribution in [2.75, 3.05) is 6.61 Å². The van der Waals surface area contributed by atoms with Gasteiger partial charge < -0.3 is 9.84 Å². The Morgan fingerprint density at radius 1 is 0.850 bits per heavy atom. The smallest absolute Gasteiger partial charge is 0.0734 e. The molecule has 0 aromatic carbocycles. The van der Waals surface area contributed by atoms with Crippen molar-refractivity contribution in [1.29, 1.82) is 0 Å². The summed E-state index contributed by atoms with van der Waals surface area (Å²) in [7, 11) is 0. The fourth-order valence-corrected chi connectivity index (χ4v) is 6.95. The fraction of sp³-hybridized carbons (Fsp3) is 1.00. The number of aliphatic hydroxyl groups is 1. The second-order valence-corrected chi connectivity index (χ2v) is 8.77. The Balaban J connectivity index is 1.44. The molecule has 1 unspecified atom stereocenters. The first kappa shape index (κ1) is 12.5. The summed E-state index contributed by atoms with van der Waals surface area (Å²) in [6, 6.07) is 0. The molecule has 5 saturated carbocycles.